The Balaban J connectivity index is 0.000000221. The molecule has 11 heterocycles. The molecule has 2 unspecified atom stereocenters. The molecule has 0 aliphatic carbocycles. The number of esters is 2. The van der Waals surface area contributed by atoms with E-state index in [1.54, 1.807) is 96.9 Å². The van der Waals surface area contributed by atoms with Gasteiger partial charge in [0.15, 0.2) is 106 Å². The van der Waals surface area contributed by atoms with Gasteiger partial charge in [0, 0.05) is 11.8 Å². The number of imidazole rings is 3. The summed E-state index contributed by atoms with van der Waals surface area (Å²) in [5.74, 6) is -9.97. The highest BCUT2D eigenvalue weighted by molar-refractivity contribution is 6.30. The average molecular weight is 1870 g/mol. The topological polar surface area (TPSA) is 619 Å². The van der Waals surface area contributed by atoms with Gasteiger partial charge in [0.25, 0.3) is 17.7 Å². The monoisotopic (exact) mass is 1870 g/mol. The number of imide groups is 2. The first-order chi connectivity index (χ1) is 59.7. The van der Waals surface area contributed by atoms with Crippen molar-refractivity contribution in [2.45, 2.75) is 238 Å². The Morgan fingerprint density at radius 3 is 1.20 bits per heavy atom. The third-order valence-corrected chi connectivity index (χ3v) is 19.3. The lowest BCUT2D eigenvalue weighted by Crippen LogP contribution is -2.53. The molecule has 0 radical (unpaired) electrons. The normalized spacial score (nSPS) is 21.6. The van der Waals surface area contributed by atoms with E-state index in [-0.39, 0.29) is 81.1 Å². The van der Waals surface area contributed by atoms with E-state index in [2.05, 4.69) is 90.9 Å². The minimum atomic E-state index is -2.85. The summed E-state index contributed by atoms with van der Waals surface area (Å²) in [4.78, 5) is 169. The van der Waals surface area contributed by atoms with Gasteiger partial charge >= 0.3 is 48.3 Å². The number of carboxylic acid groups (broad SMARTS) is 2. The number of aliphatic hydroxyl groups excluding tert-OH is 1. The lowest BCUT2D eigenvalue weighted by atomic mass is 9.93. The molecule has 0 spiro atoms. The zero-order chi connectivity index (χ0) is 95.2. The molecule has 3 aliphatic rings. The number of aromatic amines is 2. The van der Waals surface area contributed by atoms with E-state index >= 15 is 8.78 Å². The number of rotatable bonds is 27. The van der Waals surface area contributed by atoms with Crippen molar-refractivity contribution in [1.82, 2.24) is 99.8 Å². The van der Waals surface area contributed by atoms with Crippen LogP contribution in [0.15, 0.2) is 19.0 Å². The van der Waals surface area contributed by atoms with Crippen molar-refractivity contribution in [3.05, 3.63) is 57.9 Å². The molecule has 7 N–H and O–H groups in total. The van der Waals surface area contributed by atoms with Gasteiger partial charge in [-0.2, -0.15) is 50.1 Å². The van der Waals surface area contributed by atoms with Crippen LogP contribution in [0.3, 0.4) is 0 Å². The van der Waals surface area contributed by atoms with Gasteiger partial charge in [-0.15, -0.1) is 20.4 Å². The van der Waals surface area contributed by atoms with E-state index in [1.165, 1.54) is 35.6 Å². The number of amides is 4. The Morgan fingerprint density at radius 2 is 0.844 bits per heavy atom. The molecule has 0 bridgehead atoms. The van der Waals surface area contributed by atoms with Gasteiger partial charge < -0.3 is 82.7 Å². The number of nitrogens with zero attached hydrogens (tertiary/aromatic N) is 21. The number of nitrogens with two attached hydrogens (primary N) is 1. The van der Waals surface area contributed by atoms with Crippen molar-refractivity contribution in [2.75, 3.05) is 55.1 Å². The molecule has 55 heteroatoms. The second-order valence-electron chi connectivity index (χ2n) is 32.7. The van der Waals surface area contributed by atoms with E-state index in [0.29, 0.717) is 9.80 Å². The molecule has 0 saturated carbocycles. The number of fused-ring (bicyclic) bond motifs is 3. The molecule has 8 aromatic heterocycles. The first-order valence-electron chi connectivity index (χ1n) is 38.7. The number of nitrogens with one attached hydrogen (secondary N) is 2. The quantitative estimate of drug-likeness (QED) is 0.0100. The van der Waals surface area contributed by atoms with E-state index in [1.807, 2.05) is 0 Å². The number of H-pyrrole nitrogens is 2. The number of aromatic nitrogens is 20. The molecule has 11 rings (SSSR count). The van der Waals surface area contributed by atoms with Crippen LogP contribution >= 0.6 is 34.8 Å². The summed E-state index contributed by atoms with van der Waals surface area (Å²) >= 11 is 18.3. The average Bonchev–Trinajstić information content (AvgIpc) is 1.59. The first-order valence-corrected chi connectivity index (χ1v) is 39.9. The van der Waals surface area contributed by atoms with E-state index < -0.39 is 222 Å². The fourth-order valence-corrected chi connectivity index (χ4v) is 13.1. The van der Waals surface area contributed by atoms with Crippen LogP contribution in [0.25, 0.3) is 38.3 Å². The first kappa shape index (κ1) is 99.9. The third-order valence-electron chi connectivity index (χ3n) is 18.8. The number of Topliss-reactive ketones (excluding diaryl/α,β-unsaturated/α-hetero) is 2. The van der Waals surface area contributed by atoms with Crippen molar-refractivity contribution in [1.29, 1.82) is 0 Å². The van der Waals surface area contributed by atoms with Gasteiger partial charge in [-0.1, -0.05) is 24.3 Å². The van der Waals surface area contributed by atoms with Gasteiger partial charge in [0.05, 0.1) is 77.1 Å². The third kappa shape index (κ3) is 22.5. The largest absolute Gasteiger partial charge is 0.479 e. The van der Waals surface area contributed by atoms with Crippen molar-refractivity contribution in [2.24, 2.45) is 11.8 Å². The molecule has 4 amide bonds. The Morgan fingerprint density at radius 1 is 0.516 bits per heavy atom. The SMILES string of the molecule is CCOC(=O)C(Cc1nn[nH]n1)(OC[C@H]1O[C@@H](n2cnc3c(N(C(=O)OC(C)(C)C)C(=O)OC(C)(C)C)nc(Cl)nc32)[C@@H](F)[C@@H]1C)C(C)=O.Nc1nc(Cl)nc2c1ncn2[C@@H]1O[C@H](COC(Cc2nn[nH]n2)(C(=O)O)C(=O)O)[C@@H](O)[C@@H]1F.[C-]#[N+]CC(OC[C@H]1O[C@@H](n2cnc3c(N(C(=O)OC(C)(C)C)C(=O)OC(C)(C)C)nc(Cl)nc32)[C@@H](F)[C@@H]1C)(C(C)=O)C(=O)OCC. The molecular weight excluding hydrogens is 1780 g/mol. The zero-order valence-electron chi connectivity index (χ0n) is 71.9. The number of ether oxygens (including phenoxy) is 12. The van der Waals surface area contributed by atoms with Crippen molar-refractivity contribution < 1.29 is 133 Å². The maximum Gasteiger partial charge on any atom is 0.425 e. The molecule has 3 saturated heterocycles. The number of tetrazole rings is 2. The Bertz CT molecular complexity index is 5380. The Labute approximate surface area is 738 Å². The van der Waals surface area contributed by atoms with E-state index in [4.69, 9.17) is 104 Å². The van der Waals surface area contributed by atoms with Crippen molar-refractivity contribution in [3.8, 4) is 0 Å². The maximum absolute atomic E-state index is 16.0. The molecule has 0 aromatic carbocycles. The summed E-state index contributed by atoms with van der Waals surface area (Å²) in [7, 11) is 0. The number of alkyl halides is 3. The van der Waals surface area contributed by atoms with Crippen LogP contribution in [0.4, 0.5) is 49.8 Å². The van der Waals surface area contributed by atoms with E-state index in [0.717, 1.165) is 24.7 Å². The van der Waals surface area contributed by atoms with Gasteiger partial charge in [-0.3, -0.25) is 23.3 Å². The maximum atomic E-state index is 16.0. The Kier molecular flexibility index (Phi) is 31.1. The number of hydrogen-bond donors (Lipinski definition) is 6. The number of hydrogen-bond acceptors (Lipinski definition) is 39. The van der Waals surface area contributed by atoms with Gasteiger partial charge in [0.2, 0.25) is 21.5 Å². The number of halogens is 6. The van der Waals surface area contributed by atoms with Crippen LogP contribution in [-0.2, 0) is 98.5 Å². The number of carboxylic acids is 2. The lowest BCUT2D eigenvalue weighted by Gasteiger charge is -2.29. The van der Waals surface area contributed by atoms with Crippen LogP contribution < -0.4 is 15.5 Å². The summed E-state index contributed by atoms with van der Waals surface area (Å²) in [6.45, 7) is 32.5. The predicted molar refractivity (Wildman–Crippen MR) is 429 cm³/mol. The van der Waals surface area contributed by atoms with Crippen molar-refractivity contribution in [3.63, 3.8) is 0 Å². The predicted octanol–water partition coefficient (Wildman–Crippen LogP) is 6.88. The summed E-state index contributed by atoms with van der Waals surface area (Å²) in [5, 5.41) is 54.0. The zero-order valence-corrected chi connectivity index (χ0v) is 74.1. The summed E-state index contributed by atoms with van der Waals surface area (Å²) in [6.07, 6.45) is -17.2. The fourth-order valence-electron chi connectivity index (χ4n) is 12.6. The minimum absolute atomic E-state index is 0.00828. The molecule has 8 aromatic rings. The smallest absolute Gasteiger partial charge is 0.425 e. The second-order valence-corrected chi connectivity index (χ2v) is 33.7. The number of anilines is 3. The molecule has 696 valence electrons. The number of nitrogen functional groups attached to an aromatic ring is 1. The van der Waals surface area contributed by atoms with Crippen molar-refractivity contribution >= 4 is 146 Å². The standard InChI is InChI=1S/C29H39ClFN9O9.C29H38ClFN6O9.C15H15ClFN9O7/c1-10-45-23(42)29(15(3)41,11-17-35-37-38-36-17)46-12-16-14(2)18(31)22(47-16)39-13-32-19-20(39)33-24(30)34-21(19)40(25(43)48-27(4,5)6)26(44)49-28(7,8)9;1-11-42-23(39)29(13-32-10,16(3)38)43-12-17-15(2)18(31)22(44-17)36-14-33-19-20(36)34-24(30)35-21(19)37(25(40)45-27(4,5)6)26(41)46-28(7,8)9;16-14-20-9(18)7-10(21-14)26(3-19-7)11-6(17)8(27)4(33-11)2-32-15(12(28)29,13(30)31)1-5-22-24-25-23-5/h13-14,16,18,22H,10-12H2,1-9H3,(H,35,36,37,38);14-15,17-18,22H,11-13H2,1-9H3;3-4,6,8,11,27H,1-2H2,(H,28,29)(H,30,31)(H2,18,20,21)(H,22,23,24,25)/t14-,16-,18+,22-,29?;15-,17-,18+,22-,29?;4-,6+,8-,11-/m111/s1. The molecule has 3 fully saturated rings. The number of carbonyl (C=O) groups is 10. The lowest BCUT2D eigenvalue weighted by molar-refractivity contribution is -0.190. The highest BCUT2D eigenvalue weighted by Gasteiger charge is 2.57. The summed E-state index contributed by atoms with van der Waals surface area (Å²) < 4.78 is 117. The summed E-state index contributed by atoms with van der Waals surface area (Å²) in [5.41, 5.74) is -5.86. The van der Waals surface area contributed by atoms with Crippen LogP contribution in [0.1, 0.15) is 155 Å². The minimum Gasteiger partial charge on any atom is -0.479 e. The molecular formula is C73H92Cl3F3N24O25. The van der Waals surface area contributed by atoms with Gasteiger partial charge in [-0.25, -0.2) is 73.1 Å². The summed E-state index contributed by atoms with van der Waals surface area (Å²) in [6, 6.07) is 0. The number of aliphatic hydroxyl groups is 1. The van der Waals surface area contributed by atoms with Crippen LogP contribution in [0.2, 0.25) is 15.9 Å². The van der Waals surface area contributed by atoms with Crippen LogP contribution in [0, 0.1) is 18.4 Å². The second kappa shape index (κ2) is 39.8. The molecule has 128 heavy (non-hydrogen) atoms. The Hall–Kier alpha value is -11.8. The molecule has 49 nitrogen and oxygen atoms in total. The highest BCUT2D eigenvalue weighted by Crippen LogP contribution is 2.43. The number of aliphatic carboxylic acids is 2. The molecule has 3 aliphatic heterocycles. The number of ketones is 2. The fraction of sp³-hybridized carbons (Fsp3) is 0.616. The van der Waals surface area contributed by atoms with Crippen LogP contribution in [0.5, 0.6) is 0 Å². The van der Waals surface area contributed by atoms with Crippen LogP contribution in [-0.4, -0.2) is 297 Å². The van der Waals surface area contributed by atoms with E-state index in [9.17, 15) is 67.7 Å². The van der Waals surface area contributed by atoms with Gasteiger partial charge in [-0.05, 0) is 146 Å². The highest BCUT2D eigenvalue weighted by atomic mass is 35.5. The number of carbonyl (C=O) groups excluding carboxylic acids is 8. The van der Waals surface area contributed by atoms with Gasteiger partial charge in [0.1, 0.15) is 40.1 Å². The molecule has 14 atom stereocenters.